The van der Waals surface area contributed by atoms with Crippen LogP contribution in [0.3, 0.4) is 0 Å². The smallest absolute Gasteiger partial charge is 0.293 e. The van der Waals surface area contributed by atoms with Crippen molar-refractivity contribution in [3.63, 3.8) is 0 Å². The van der Waals surface area contributed by atoms with Gasteiger partial charge >= 0.3 is 0 Å². The van der Waals surface area contributed by atoms with Gasteiger partial charge in [-0.1, -0.05) is 0 Å². The summed E-state index contributed by atoms with van der Waals surface area (Å²) >= 11 is 0. The Morgan fingerprint density at radius 2 is 1.83 bits per heavy atom. The minimum atomic E-state index is -0.551. The molecule has 4 N–H and O–H groups in total. The molecule has 0 fully saturated rings. The van der Waals surface area contributed by atoms with Crippen molar-refractivity contribution in [2.45, 2.75) is 13.0 Å². The van der Waals surface area contributed by atoms with Gasteiger partial charge in [0.2, 0.25) is 0 Å². The summed E-state index contributed by atoms with van der Waals surface area (Å²) in [4.78, 5) is 11.4. The standard InChI is InChI=1S/C4H8O3.C3H9N.H3N/c1-4(6)2-7-3-5;1-4(2)3;/h3-4,6H,2H2,1H3;1-3H3;1H3. The van der Waals surface area contributed by atoms with E-state index >= 15 is 0 Å². The summed E-state index contributed by atoms with van der Waals surface area (Å²) in [6.07, 6.45) is -0.551. The van der Waals surface area contributed by atoms with Gasteiger partial charge in [0.15, 0.2) is 0 Å². The summed E-state index contributed by atoms with van der Waals surface area (Å²) in [5, 5.41) is 8.40. The summed E-state index contributed by atoms with van der Waals surface area (Å²) in [7, 11) is 6.00. The average Bonchev–Trinajstić information content (AvgIpc) is 1.82. The van der Waals surface area contributed by atoms with E-state index in [0.29, 0.717) is 6.47 Å². The van der Waals surface area contributed by atoms with Crippen LogP contribution in [0.15, 0.2) is 0 Å². The molecule has 0 aliphatic rings. The van der Waals surface area contributed by atoms with Crippen molar-refractivity contribution in [1.82, 2.24) is 11.1 Å². The number of hydrogen-bond donors (Lipinski definition) is 2. The molecule has 12 heavy (non-hydrogen) atoms. The van der Waals surface area contributed by atoms with E-state index in [9.17, 15) is 4.79 Å². The van der Waals surface area contributed by atoms with Crippen LogP contribution in [0, 0.1) is 0 Å². The van der Waals surface area contributed by atoms with Gasteiger partial charge in [0.25, 0.3) is 6.47 Å². The third-order valence-electron chi connectivity index (χ3n) is 0.405. The van der Waals surface area contributed by atoms with E-state index in [4.69, 9.17) is 5.11 Å². The molecule has 0 bridgehead atoms. The maximum atomic E-state index is 9.38. The molecule has 0 heterocycles. The third-order valence-corrected chi connectivity index (χ3v) is 0.405. The average molecular weight is 180 g/mol. The molecule has 0 aromatic carbocycles. The zero-order chi connectivity index (χ0) is 9.28. The second kappa shape index (κ2) is 13.0. The first-order valence-corrected chi connectivity index (χ1v) is 3.35. The minimum Gasteiger partial charge on any atom is -0.465 e. The van der Waals surface area contributed by atoms with Gasteiger partial charge in [-0.2, -0.15) is 0 Å². The van der Waals surface area contributed by atoms with Crippen LogP contribution in [0.5, 0.6) is 0 Å². The summed E-state index contributed by atoms with van der Waals surface area (Å²) in [5.41, 5.74) is 0. The number of aliphatic hydroxyl groups excluding tert-OH is 1. The first-order valence-electron chi connectivity index (χ1n) is 3.35. The second-order valence-corrected chi connectivity index (χ2v) is 2.62. The van der Waals surface area contributed by atoms with E-state index in [1.807, 2.05) is 26.0 Å². The zero-order valence-corrected chi connectivity index (χ0v) is 8.28. The van der Waals surface area contributed by atoms with Gasteiger partial charge in [-0.25, -0.2) is 0 Å². The van der Waals surface area contributed by atoms with Gasteiger partial charge in [-0.3, -0.25) is 4.79 Å². The SMILES string of the molecule is CC(O)COC=O.CN(C)C.N. The lowest BCUT2D eigenvalue weighted by Gasteiger charge is -1.97. The Hall–Kier alpha value is -0.650. The quantitative estimate of drug-likeness (QED) is 0.591. The van der Waals surface area contributed by atoms with Crippen LogP contribution >= 0.6 is 0 Å². The molecule has 0 amide bonds. The molecule has 0 radical (unpaired) electrons. The molecule has 0 spiro atoms. The van der Waals surface area contributed by atoms with Crippen LogP contribution in [0.4, 0.5) is 0 Å². The van der Waals surface area contributed by atoms with E-state index in [2.05, 4.69) is 4.74 Å². The van der Waals surface area contributed by atoms with E-state index < -0.39 is 6.10 Å². The van der Waals surface area contributed by atoms with Crippen LogP contribution in [-0.4, -0.2) is 50.3 Å². The van der Waals surface area contributed by atoms with Crippen molar-refractivity contribution in [3.8, 4) is 0 Å². The van der Waals surface area contributed by atoms with Crippen LogP contribution in [0.2, 0.25) is 0 Å². The van der Waals surface area contributed by atoms with Crippen LogP contribution in [-0.2, 0) is 9.53 Å². The Bertz CT molecular complexity index is 84.0. The molecule has 0 aliphatic carbocycles. The number of hydrogen-bond acceptors (Lipinski definition) is 5. The lowest BCUT2D eigenvalue weighted by Crippen LogP contribution is -2.08. The highest BCUT2D eigenvalue weighted by molar-refractivity contribution is 5.36. The molecule has 0 aromatic heterocycles. The topological polar surface area (TPSA) is 84.8 Å². The molecule has 0 saturated carbocycles. The molecule has 5 nitrogen and oxygen atoms in total. The Morgan fingerprint density at radius 3 is 1.92 bits per heavy atom. The van der Waals surface area contributed by atoms with E-state index in [-0.39, 0.29) is 12.8 Å². The molecular weight excluding hydrogens is 160 g/mol. The molecule has 0 aliphatic heterocycles. The predicted molar refractivity (Wildman–Crippen MR) is 48.3 cm³/mol. The lowest BCUT2D eigenvalue weighted by atomic mass is 10.5. The van der Waals surface area contributed by atoms with E-state index in [0.717, 1.165) is 0 Å². The molecule has 1 unspecified atom stereocenters. The molecular formula is C7H20N2O3. The fraction of sp³-hybridized carbons (Fsp3) is 0.857. The second-order valence-electron chi connectivity index (χ2n) is 2.62. The van der Waals surface area contributed by atoms with Crippen molar-refractivity contribution in [2.24, 2.45) is 0 Å². The number of aliphatic hydroxyl groups is 1. The monoisotopic (exact) mass is 180 g/mol. The molecule has 0 aromatic rings. The lowest BCUT2D eigenvalue weighted by molar-refractivity contribution is -0.131. The van der Waals surface area contributed by atoms with Gasteiger partial charge < -0.3 is 20.9 Å². The van der Waals surface area contributed by atoms with Gasteiger partial charge in [-0.05, 0) is 28.1 Å². The van der Waals surface area contributed by atoms with Crippen molar-refractivity contribution in [3.05, 3.63) is 0 Å². The summed E-state index contributed by atoms with van der Waals surface area (Å²) in [6, 6.07) is 0. The summed E-state index contributed by atoms with van der Waals surface area (Å²) < 4.78 is 4.16. The molecule has 5 heteroatoms. The predicted octanol–water partition coefficient (Wildman–Crippen LogP) is -0.120. The Kier molecular flexibility index (Phi) is 18.9. The van der Waals surface area contributed by atoms with Crippen molar-refractivity contribution < 1.29 is 14.6 Å². The molecule has 76 valence electrons. The highest BCUT2D eigenvalue weighted by Gasteiger charge is 1.90. The Labute approximate surface area is 73.9 Å². The van der Waals surface area contributed by atoms with Gasteiger partial charge in [0, 0.05) is 0 Å². The Morgan fingerprint density at radius 1 is 1.50 bits per heavy atom. The number of rotatable bonds is 3. The maximum absolute atomic E-state index is 9.38. The Balaban J connectivity index is -0.000000142. The van der Waals surface area contributed by atoms with E-state index in [1.165, 1.54) is 0 Å². The van der Waals surface area contributed by atoms with E-state index in [1.54, 1.807) is 6.92 Å². The minimum absolute atomic E-state index is 0. The van der Waals surface area contributed by atoms with Crippen LogP contribution < -0.4 is 6.15 Å². The van der Waals surface area contributed by atoms with Gasteiger partial charge in [0.1, 0.15) is 6.61 Å². The zero-order valence-electron chi connectivity index (χ0n) is 8.28. The maximum Gasteiger partial charge on any atom is 0.293 e. The summed E-state index contributed by atoms with van der Waals surface area (Å²) in [6.45, 7) is 1.94. The molecule has 0 saturated heterocycles. The molecule has 1 atom stereocenters. The highest BCUT2D eigenvalue weighted by Crippen LogP contribution is 1.76. The van der Waals surface area contributed by atoms with Crippen LogP contribution in [0.25, 0.3) is 0 Å². The first-order chi connectivity index (χ1) is 5.00. The number of nitrogens with zero attached hydrogens (tertiary/aromatic N) is 1. The van der Waals surface area contributed by atoms with Gasteiger partial charge in [0.05, 0.1) is 6.10 Å². The van der Waals surface area contributed by atoms with Crippen molar-refractivity contribution in [1.29, 1.82) is 0 Å². The van der Waals surface area contributed by atoms with Crippen molar-refractivity contribution in [2.75, 3.05) is 27.7 Å². The first kappa shape index (κ1) is 17.4. The van der Waals surface area contributed by atoms with Crippen LogP contribution in [0.1, 0.15) is 6.92 Å². The molecule has 0 rings (SSSR count). The van der Waals surface area contributed by atoms with Gasteiger partial charge in [-0.15, -0.1) is 0 Å². The highest BCUT2D eigenvalue weighted by atomic mass is 16.5. The third kappa shape index (κ3) is 58.1. The number of carbonyl (C=O) groups excluding carboxylic acids is 1. The fourth-order valence-electron chi connectivity index (χ4n) is 0.179. The number of ether oxygens (including phenoxy) is 1. The largest absolute Gasteiger partial charge is 0.465 e. The normalized spacial score (nSPS) is 10.5. The number of carbonyl (C=O) groups is 1. The van der Waals surface area contributed by atoms with Crippen molar-refractivity contribution >= 4 is 6.47 Å². The summed E-state index contributed by atoms with van der Waals surface area (Å²) in [5.74, 6) is 0. The fourth-order valence-corrected chi connectivity index (χ4v) is 0.179.